The fourth-order valence-corrected chi connectivity index (χ4v) is 3.45. The number of benzene rings is 2. The lowest BCUT2D eigenvalue weighted by Crippen LogP contribution is -2.15. The molecular formula is C20H18N4O2. The Kier molecular flexibility index (Phi) is 4.01. The van der Waals surface area contributed by atoms with Crippen molar-refractivity contribution in [2.45, 2.75) is 5.92 Å². The van der Waals surface area contributed by atoms with Gasteiger partial charge in [-0.2, -0.15) is 0 Å². The van der Waals surface area contributed by atoms with Crippen LogP contribution in [0.3, 0.4) is 0 Å². The van der Waals surface area contributed by atoms with Crippen LogP contribution in [0.2, 0.25) is 0 Å². The van der Waals surface area contributed by atoms with Crippen molar-refractivity contribution in [2.75, 3.05) is 6.54 Å². The second-order valence-electron chi connectivity index (χ2n) is 6.36. The number of imidazole rings is 1. The van der Waals surface area contributed by atoms with Crippen LogP contribution in [0.15, 0.2) is 67.1 Å². The fourth-order valence-electron chi connectivity index (χ4n) is 3.45. The van der Waals surface area contributed by atoms with Crippen molar-refractivity contribution in [1.82, 2.24) is 14.5 Å². The number of nitrogens with zero attached hydrogens (tertiary/aromatic N) is 3. The molecule has 0 radical (unpaired) electrons. The van der Waals surface area contributed by atoms with E-state index in [1.54, 1.807) is 6.33 Å². The van der Waals surface area contributed by atoms with Gasteiger partial charge in [0, 0.05) is 34.6 Å². The minimum atomic E-state index is -0.433. The maximum absolute atomic E-state index is 11.4. The van der Waals surface area contributed by atoms with E-state index in [0.717, 1.165) is 27.7 Å². The lowest BCUT2D eigenvalue weighted by atomic mass is 9.91. The Morgan fingerprint density at radius 2 is 1.88 bits per heavy atom. The first-order valence-corrected chi connectivity index (χ1v) is 8.39. The standard InChI is InChI=1S/C20H18N4O2/c1-23-12-18(21-13-23)16(11-24(25)26)19-15-9-5-6-10-17(15)22-20(19)14-7-3-2-4-8-14/h2-10,12-13,16,22H,11H2,1H3. The minimum absolute atomic E-state index is 0.210. The lowest BCUT2D eigenvalue weighted by molar-refractivity contribution is -0.481. The summed E-state index contributed by atoms with van der Waals surface area (Å²) in [6.07, 6.45) is 3.53. The van der Waals surface area contributed by atoms with Gasteiger partial charge >= 0.3 is 0 Å². The zero-order valence-electron chi connectivity index (χ0n) is 14.3. The van der Waals surface area contributed by atoms with E-state index in [2.05, 4.69) is 9.97 Å². The first-order chi connectivity index (χ1) is 12.6. The summed E-state index contributed by atoms with van der Waals surface area (Å²) in [6, 6.07) is 17.8. The number of hydrogen-bond acceptors (Lipinski definition) is 3. The van der Waals surface area contributed by atoms with E-state index >= 15 is 0 Å². The first kappa shape index (κ1) is 16.1. The molecule has 6 nitrogen and oxygen atoms in total. The van der Waals surface area contributed by atoms with Crippen molar-refractivity contribution in [3.05, 3.63) is 88.5 Å². The number of H-pyrrole nitrogens is 1. The lowest BCUT2D eigenvalue weighted by Gasteiger charge is -2.13. The molecule has 1 unspecified atom stereocenters. The van der Waals surface area contributed by atoms with Crippen LogP contribution in [0.4, 0.5) is 0 Å². The predicted molar refractivity (Wildman–Crippen MR) is 101 cm³/mol. The number of para-hydroxylation sites is 1. The highest BCUT2D eigenvalue weighted by atomic mass is 16.6. The van der Waals surface area contributed by atoms with E-state index in [1.807, 2.05) is 72.4 Å². The summed E-state index contributed by atoms with van der Waals surface area (Å²) in [6.45, 7) is -0.210. The van der Waals surface area contributed by atoms with Gasteiger partial charge in [0.1, 0.15) is 0 Å². The summed E-state index contributed by atoms with van der Waals surface area (Å²) in [4.78, 5) is 19.0. The molecule has 4 aromatic rings. The maximum Gasteiger partial charge on any atom is 0.216 e. The molecule has 6 heteroatoms. The summed E-state index contributed by atoms with van der Waals surface area (Å²) in [5, 5.41) is 12.4. The summed E-state index contributed by atoms with van der Waals surface area (Å²) in [5.41, 5.74) is 4.49. The highest BCUT2D eigenvalue weighted by Gasteiger charge is 2.29. The molecule has 0 saturated carbocycles. The van der Waals surface area contributed by atoms with Crippen LogP contribution in [0, 0.1) is 10.1 Å². The molecule has 1 atom stereocenters. The average molecular weight is 346 g/mol. The highest BCUT2D eigenvalue weighted by molar-refractivity contribution is 5.91. The molecule has 26 heavy (non-hydrogen) atoms. The van der Waals surface area contributed by atoms with E-state index in [0.29, 0.717) is 5.69 Å². The van der Waals surface area contributed by atoms with E-state index < -0.39 is 5.92 Å². The van der Waals surface area contributed by atoms with Gasteiger partial charge in [-0.3, -0.25) is 10.1 Å². The van der Waals surface area contributed by atoms with Crippen LogP contribution in [-0.4, -0.2) is 26.0 Å². The SMILES string of the molecule is Cn1cnc(C(C[N+](=O)[O-])c2c(-c3ccccc3)[nH]c3ccccc23)c1. The smallest absolute Gasteiger partial charge is 0.216 e. The summed E-state index contributed by atoms with van der Waals surface area (Å²) in [5.74, 6) is -0.433. The minimum Gasteiger partial charge on any atom is -0.354 e. The Morgan fingerprint density at radius 1 is 1.15 bits per heavy atom. The zero-order chi connectivity index (χ0) is 18.1. The second-order valence-corrected chi connectivity index (χ2v) is 6.36. The summed E-state index contributed by atoms with van der Waals surface area (Å²) < 4.78 is 1.82. The van der Waals surface area contributed by atoms with Crippen LogP contribution in [-0.2, 0) is 7.05 Å². The van der Waals surface area contributed by atoms with Crippen LogP contribution >= 0.6 is 0 Å². The van der Waals surface area contributed by atoms with Crippen molar-refractivity contribution in [1.29, 1.82) is 0 Å². The molecular weight excluding hydrogens is 328 g/mol. The quantitative estimate of drug-likeness (QED) is 0.439. The van der Waals surface area contributed by atoms with Gasteiger partial charge < -0.3 is 9.55 Å². The number of hydrogen-bond donors (Lipinski definition) is 1. The van der Waals surface area contributed by atoms with Crippen molar-refractivity contribution in [3.8, 4) is 11.3 Å². The van der Waals surface area contributed by atoms with Gasteiger partial charge in [0.15, 0.2) is 0 Å². The summed E-state index contributed by atoms with van der Waals surface area (Å²) >= 11 is 0. The summed E-state index contributed by atoms with van der Waals surface area (Å²) in [7, 11) is 1.87. The molecule has 0 aliphatic rings. The maximum atomic E-state index is 11.4. The van der Waals surface area contributed by atoms with E-state index in [9.17, 15) is 10.1 Å². The third-order valence-electron chi connectivity index (χ3n) is 4.57. The van der Waals surface area contributed by atoms with E-state index in [-0.39, 0.29) is 11.5 Å². The van der Waals surface area contributed by atoms with Gasteiger partial charge in [-0.05, 0) is 11.6 Å². The molecule has 0 amide bonds. The molecule has 2 aromatic heterocycles. The molecule has 0 spiro atoms. The first-order valence-electron chi connectivity index (χ1n) is 8.39. The number of rotatable bonds is 5. The molecule has 0 fully saturated rings. The zero-order valence-corrected chi connectivity index (χ0v) is 14.3. The van der Waals surface area contributed by atoms with Gasteiger partial charge in [0.25, 0.3) is 0 Å². The number of nitrogens with one attached hydrogen (secondary N) is 1. The largest absolute Gasteiger partial charge is 0.354 e. The molecule has 130 valence electrons. The number of nitro groups is 1. The Hall–Kier alpha value is -3.41. The monoisotopic (exact) mass is 346 g/mol. The number of aryl methyl sites for hydroxylation is 1. The van der Waals surface area contributed by atoms with Crippen LogP contribution in [0.25, 0.3) is 22.2 Å². The van der Waals surface area contributed by atoms with Gasteiger partial charge in [-0.15, -0.1) is 0 Å². The van der Waals surface area contributed by atoms with Crippen molar-refractivity contribution in [3.63, 3.8) is 0 Å². The molecule has 0 saturated heterocycles. The van der Waals surface area contributed by atoms with Crippen LogP contribution in [0.5, 0.6) is 0 Å². The van der Waals surface area contributed by atoms with Crippen LogP contribution in [0.1, 0.15) is 17.2 Å². The normalized spacial score (nSPS) is 12.3. The Balaban J connectivity index is 1.99. The third kappa shape index (κ3) is 2.86. The van der Waals surface area contributed by atoms with Crippen molar-refractivity contribution < 1.29 is 4.92 Å². The second kappa shape index (κ2) is 6.48. The molecule has 2 heterocycles. The Bertz CT molecular complexity index is 1070. The number of fused-ring (bicyclic) bond motifs is 1. The van der Waals surface area contributed by atoms with Gasteiger partial charge in [-0.25, -0.2) is 4.98 Å². The third-order valence-corrected chi connectivity index (χ3v) is 4.57. The molecule has 4 rings (SSSR count). The molecule has 0 aliphatic carbocycles. The van der Waals surface area contributed by atoms with Gasteiger partial charge in [0.2, 0.25) is 6.54 Å². The number of aromatic amines is 1. The molecule has 0 aliphatic heterocycles. The molecule has 1 N–H and O–H groups in total. The Labute approximate surface area is 150 Å². The van der Waals surface area contributed by atoms with Gasteiger partial charge in [0.05, 0.1) is 23.6 Å². The fraction of sp³-hybridized carbons (Fsp3) is 0.150. The topological polar surface area (TPSA) is 76.8 Å². The van der Waals surface area contributed by atoms with Crippen molar-refractivity contribution >= 4 is 10.9 Å². The Morgan fingerprint density at radius 3 is 2.58 bits per heavy atom. The van der Waals surface area contributed by atoms with E-state index in [1.165, 1.54) is 0 Å². The van der Waals surface area contributed by atoms with E-state index in [4.69, 9.17) is 0 Å². The van der Waals surface area contributed by atoms with Crippen LogP contribution < -0.4 is 0 Å². The molecule has 0 bridgehead atoms. The van der Waals surface area contributed by atoms with Gasteiger partial charge in [-0.1, -0.05) is 48.5 Å². The predicted octanol–water partition coefficient (Wildman–Crippen LogP) is 3.98. The molecule has 2 aromatic carbocycles. The van der Waals surface area contributed by atoms with Crippen molar-refractivity contribution in [2.24, 2.45) is 7.05 Å². The average Bonchev–Trinajstić information content (AvgIpc) is 3.24. The number of aromatic nitrogens is 3. The highest BCUT2D eigenvalue weighted by Crippen LogP contribution is 2.38.